The molecule has 21 heavy (non-hydrogen) atoms. The molecular weight excluding hydrogens is 265 g/mol. The lowest BCUT2D eigenvalue weighted by molar-refractivity contribution is 0.190. The molecule has 0 aliphatic rings. The van der Waals surface area contributed by atoms with Crippen LogP contribution in [-0.4, -0.2) is 11.7 Å². The van der Waals surface area contributed by atoms with Gasteiger partial charge in [0.15, 0.2) is 0 Å². The molecular formula is C18H22FNO. The van der Waals surface area contributed by atoms with E-state index in [1.165, 1.54) is 12.1 Å². The van der Waals surface area contributed by atoms with Crippen LogP contribution < -0.4 is 5.32 Å². The van der Waals surface area contributed by atoms with Crippen molar-refractivity contribution in [3.8, 4) is 0 Å². The molecule has 0 radical (unpaired) electrons. The van der Waals surface area contributed by atoms with Gasteiger partial charge >= 0.3 is 0 Å². The number of aliphatic hydroxyl groups excluding tert-OH is 1. The van der Waals surface area contributed by atoms with Gasteiger partial charge in [-0.2, -0.15) is 0 Å². The molecule has 0 amide bonds. The molecule has 0 spiro atoms. The highest BCUT2D eigenvalue weighted by Crippen LogP contribution is 2.32. The predicted octanol–water partition coefficient (Wildman–Crippen LogP) is 4.17. The summed E-state index contributed by atoms with van der Waals surface area (Å²) in [6, 6.07) is 16.1. The molecule has 0 heterocycles. The molecule has 0 fully saturated rings. The maximum Gasteiger partial charge on any atom is 0.123 e. The average Bonchev–Trinajstić information content (AvgIpc) is 2.49. The van der Waals surface area contributed by atoms with E-state index in [1.54, 1.807) is 12.1 Å². The van der Waals surface area contributed by atoms with E-state index in [1.807, 2.05) is 30.3 Å². The van der Waals surface area contributed by atoms with Crippen molar-refractivity contribution in [2.24, 2.45) is 5.92 Å². The Hall–Kier alpha value is -1.87. The molecule has 3 heteroatoms. The van der Waals surface area contributed by atoms with Crippen LogP contribution in [0.2, 0.25) is 0 Å². The van der Waals surface area contributed by atoms with Crippen molar-refractivity contribution in [2.75, 3.05) is 11.9 Å². The molecule has 1 unspecified atom stereocenters. The van der Waals surface area contributed by atoms with E-state index in [-0.39, 0.29) is 12.4 Å². The van der Waals surface area contributed by atoms with Gasteiger partial charge in [0.05, 0.1) is 12.1 Å². The molecule has 1 atom stereocenters. The summed E-state index contributed by atoms with van der Waals surface area (Å²) in [6.07, 6.45) is 0.783. The predicted molar refractivity (Wildman–Crippen MR) is 84.7 cm³/mol. The average molecular weight is 287 g/mol. The van der Waals surface area contributed by atoms with Crippen LogP contribution in [0.3, 0.4) is 0 Å². The lowest BCUT2D eigenvalue weighted by Crippen LogP contribution is -2.40. The second kappa shape index (κ2) is 6.72. The zero-order valence-corrected chi connectivity index (χ0v) is 12.5. The number of nitrogens with one attached hydrogen (secondary N) is 1. The van der Waals surface area contributed by atoms with E-state index in [0.717, 1.165) is 17.7 Å². The molecule has 0 saturated carbocycles. The van der Waals surface area contributed by atoms with Gasteiger partial charge in [0.1, 0.15) is 5.82 Å². The van der Waals surface area contributed by atoms with Crippen LogP contribution in [0.1, 0.15) is 25.8 Å². The zero-order chi connectivity index (χ0) is 15.3. The molecule has 2 N–H and O–H groups in total. The second-order valence-electron chi connectivity index (χ2n) is 5.84. The lowest BCUT2D eigenvalue weighted by Gasteiger charge is -2.36. The molecule has 0 saturated heterocycles. The Labute approximate surface area is 125 Å². The first-order valence-corrected chi connectivity index (χ1v) is 7.26. The fourth-order valence-electron chi connectivity index (χ4n) is 2.70. The molecule has 2 nitrogen and oxygen atoms in total. The van der Waals surface area contributed by atoms with Crippen LogP contribution in [0.4, 0.5) is 10.1 Å². The molecule has 112 valence electrons. The van der Waals surface area contributed by atoms with E-state index in [9.17, 15) is 9.50 Å². The van der Waals surface area contributed by atoms with Crippen molar-refractivity contribution >= 4 is 5.69 Å². The summed E-state index contributed by atoms with van der Waals surface area (Å²) in [5.74, 6) is 0.143. The highest BCUT2D eigenvalue weighted by atomic mass is 19.1. The number of aliphatic hydroxyl groups is 1. The smallest absolute Gasteiger partial charge is 0.123 e. The summed E-state index contributed by atoms with van der Waals surface area (Å²) in [5.41, 5.74) is 1.27. The van der Waals surface area contributed by atoms with Crippen molar-refractivity contribution in [1.29, 1.82) is 0 Å². The highest BCUT2D eigenvalue weighted by Gasteiger charge is 2.32. The topological polar surface area (TPSA) is 32.3 Å². The number of rotatable bonds is 6. The minimum Gasteiger partial charge on any atom is -0.394 e. The van der Waals surface area contributed by atoms with Crippen molar-refractivity contribution < 1.29 is 9.50 Å². The summed E-state index contributed by atoms with van der Waals surface area (Å²) in [4.78, 5) is 0. The van der Waals surface area contributed by atoms with Crippen molar-refractivity contribution in [3.05, 3.63) is 66.0 Å². The van der Waals surface area contributed by atoms with Gasteiger partial charge in [0.25, 0.3) is 0 Å². The number of hydrogen-bond acceptors (Lipinski definition) is 2. The number of hydrogen-bond donors (Lipinski definition) is 2. The van der Waals surface area contributed by atoms with Gasteiger partial charge in [-0.05, 0) is 42.2 Å². The minimum atomic E-state index is -0.562. The van der Waals surface area contributed by atoms with E-state index < -0.39 is 5.54 Å². The fourth-order valence-corrected chi connectivity index (χ4v) is 2.70. The van der Waals surface area contributed by atoms with E-state index in [2.05, 4.69) is 19.2 Å². The summed E-state index contributed by atoms with van der Waals surface area (Å²) in [6.45, 7) is 4.23. The van der Waals surface area contributed by atoms with Gasteiger partial charge in [-0.1, -0.05) is 44.2 Å². The number of benzene rings is 2. The van der Waals surface area contributed by atoms with E-state index >= 15 is 0 Å². The van der Waals surface area contributed by atoms with Crippen LogP contribution in [0.15, 0.2) is 54.6 Å². The van der Waals surface area contributed by atoms with E-state index in [4.69, 9.17) is 0 Å². The first-order chi connectivity index (χ1) is 10.1. The van der Waals surface area contributed by atoms with Crippen LogP contribution in [0.25, 0.3) is 0 Å². The van der Waals surface area contributed by atoms with Crippen LogP contribution >= 0.6 is 0 Å². The summed E-state index contributed by atoms with van der Waals surface area (Å²) in [7, 11) is 0. The molecule has 0 bridgehead atoms. The Kier molecular flexibility index (Phi) is 4.97. The first-order valence-electron chi connectivity index (χ1n) is 7.26. The molecule has 0 aliphatic heterocycles. The zero-order valence-electron chi connectivity index (χ0n) is 12.5. The minimum absolute atomic E-state index is 0.0213. The van der Waals surface area contributed by atoms with Crippen molar-refractivity contribution in [1.82, 2.24) is 0 Å². The van der Waals surface area contributed by atoms with Crippen LogP contribution in [0, 0.1) is 11.7 Å². The van der Waals surface area contributed by atoms with Crippen molar-refractivity contribution in [2.45, 2.75) is 25.8 Å². The lowest BCUT2D eigenvalue weighted by atomic mass is 9.82. The highest BCUT2D eigenvalue weighted by molar-refractivity contribution is 5.48. The van der Waals surface area contributed by atoms with Gasteiger partial charge in [-0.25, -0.2) is 4.39 Å². The van der Waals surface area contributed by atoms with Gasteiger partial charge < -0.3 is 10.4 Å². The largest absolute Gasteiger partial charge is 0.394 e. The fraction of sp³-hybridized carbons (Fsp3) is 0.333. The number of anilines is 1. The third kappa shape index (κ3) is 3.82. The standard InChI is InChI=1S/C18H22FNO/c1-14(2)12-18(13-21,15-6-4-3-5-7-15)20-17-10-8-16(19)9-11-17/h3-11,14,20-21H,12-13H2,1-2H3. The Morgan fingerprint density at radius 3 is 2.19 bits per heavy atom. The van der Waals surface area contributed by atoms with Crippen LogP contribution in [-0.2, 0) is 5.54 Å². The molecule has 0 aromatic heterocycles. The SMILES string of the molecule is CC(C)CC(CO)(Nc1ccc(F)cc1)c1ccccc1. The maximum atomic E-state index is 13.1. The quantitative estimate of drug-likeness (QED) is 0.835. The second-order valence-corrected chi connectivity index (χ2v) is 5.84. The first kappa shape index (κ1) is 15.5. The molecule has 2 rings (SSSR count). The summed E-state index contributed by atoms with van der Waals surface area (Å²) >= 11 is 0. The third-order valence-corrected chi connectivity index (χ3v) is 3.58. The molecule has 2 aromatic rings. The Morgan fingerprint density at radius 2 is 1.67 bits per heavy atom. The monoisotopic (exact) mass is 287 g/mol. The summed E-state index contributed by atoms with van der Waals surface area (Å²) in [5, 5.41) is 13.5. The Bertz CT molecular complexity index is 553. The normalized spacial score (nSPS) is 14.0. The van der Waals surface area contributed by atoms with Gasteiger partial charge in [-0.3, -0.25) is 0 Å². The Balaban J connectivity index is 2.37. The molecule has 0 aliphatic carbocycles. The van der Waals surface area contributed by atoms with Gasteiger partial charge in [-0.15, -0.1) is 0 Å². The third-order valence-electron chi connectivity index (χ3n) is 3.58. The van der Waals surface area contributed by atoms with Gasteiger partial charge in [0, 0.05) is 5.69 Å². The Morgan fingerprint density at radius 1 is 1.05 bits per heavy atom. The number of halogens is 1. The van der Waals surface area contributed by atoms with Crippen LogP contribution in [0.5, 0.6) is 0 Å². The van der Waals surface area contributed by atoms with Gasteiger partial charge in [0.2, 0.25) is 0 Å². The molecule has 2 aromatic carbocycles. The van der Waals surface area contributed by atoms with Crippen molar-refractivity contribution in [3.63, 3.8) is 0 Å². The summed E-state index contributed by atoms with van der Waals surface area (Å²) < 4.78 is 13.1. The maximum absolute atomic E-state index is 13.1. The van der Waals surface area contributed by atoms with E-state index in [0.29, 0.717) is 5.92 Å².